The van der Waals surface area contributed by atoms with E-state index >= 15 is 0 Å². The van der Waals surface area contributed by atoms with Crippen LogP contribution in [-0.4, -0.2) is 41.9 Å². The first kappa shape index (κ1) is 13.6. The van der Waals surface area contributed by atoms with Crippen molar-refractivity contribution in [1.29, 1.82) is 0 Å². The maximum Gasteiger partial charge on any atom is 0.230 e. The lowest BCUT2D eigenvalue weighted by molar-refractivity contribution is -0.140. The first-order valence-corrected chi connectivity index (χ1v) is 7.35. The van der Waals surface area contributed by atoms with Crippen molar-refractivity contribution in [3.63, 3.8) is 0 Å². The lowest BCUT2D eigenvalue weighted by Gasteiger charge is -2.36. The predicted molar refractivity (Wildman–Crippen MR) is 75.0 cm³/mol. The Kier molecular flexibility index (Phi) is 4.78. The summed E-state index contributed by atoms with van der Waals surface area (Å²) in [6, 6.07) is 10.1. The van der Waals surface area contributed by atoms with Crippen LogP contribution < -0.4 is 0 Å². The molecule has 1 aliphatic rings. The van der Waals surface area contributed by atoms with Gasteiger partial charge in [-0.05, 0) is 12.5 Å². The van der Waals surface area contributed by atoms with Crippen molar-refractivity contribution in [3.8, 4) is 0 Å². The average Bonchev–Trinajstić information content (AvgIpc) is 2.46. The number of rotatable bonds is 3. The minimum atomic E-state index is -0.0918. The van der Waals surface area contributed by atoms with Gasteiger partial charge in [-0.15, -0.1) is 0 Å². The molecule has 0 aromatic heterocycles. The molecule has 1 saturated heterocycles. The van der Waals surface area contributed by atoms with Gasteiger partial charge in [0, 0.05) is 11.9 Å². The fourth-order valence-corrected chi connectivity index (χ4v) is 2.74. The van der Waals surface area contributed by atoms with Crippen molar-refractivity contribution < 1.29 is 9.53 Å². The van der Waals surface area contributed by atoms with Crippen molar-refractivity contribution in [3.05, 3.63) is 35.9 Å². The number of hydrogen-bond donors (Lipinski definition) is 0. The van der Waals surface area contributed by atoms with Crippen molar-refractivity contribution in [2.45, 2.75) is 18.9 Å². The summed E-state index contributed by atoms with van der Waals surface area (Å²) in [5.74, 6) is 0.0970. The van der Waals surface area contributed by atoms with E-state index < -0.39 is 0 Å². The van der Waals surface area contributed by atoms with Crippen LogP contribution in [0.25, 0.3) is 0 Å². The molecule has 18 heavy (non-hydrogen) atoms. The van der Waals surface area contributed by atoms with Crippen molar-refractivity contribution in [2.75, 3.05) is 25.1 Å². The summed E-state index contributed by atoms with van der Waals surface area (Å²) in [6.45, 7) is 3.92. The Morgan fingerprint density at radius 2 is 2.22 bits per heavy atom. The largest absolute Gasteiger partial charge is 0.377 e. The maximum atomic E-state index is 12.5. The number of hydrogen-bond acceptors (Lipinski definition) is 2. The van der Waals surface area contributed by atoms with Crippen LogP contribution in [0.15, 0.2) is 30.3 Å². The summed E-state index contributed by atoms with van der Waals surface area (Å²) >= 11 is 3.45. The third-order valence-corrected chi connectivity index (χ3v) is 4.11. The Bertz CT molecular complexity index is 396. The normalized spacial score (nSPS) is 21.7. The summed E-state index contributed by atoms with van der Waals surface area (Å²) < 4.78 is 5.41. The lowest BCUT2D eigenvalue weighted by Crippen LogP contribution is -2.50. The second-order valence-corrected chi connectivity index (χ2v) is 5.19. The van der Waals surface area contributed by atoms with Gasteiger partial charge >= 0.3 is 0 Å². The van der Waals surface area contributed by atoms with Gasteiger partial charge in [-0.3, -0.25) is 4.79 Å². The highest BCUT2D eigenvalue weighted by Crippen LogP contribution is 2.21. The van der Waals surface area contributed by atoms with Gasteiger partial charge in [0.25, 0.3) is 0 Å². The molecule has 2 unspecified atom stereocenters. The summed E-state index contributed by atoms with van der Waals surface area (Å²) in [5.41, 5.74) is 1.07. The van der Waals surface area contributed by atoms with Gasteiger partial charge in [0.15, 0.2) is 0 Å². The third-order valence-electron chi connectivity index (χ3n) is 3.36. The van der Waals surface area contributed by atoms with Gasteiger partial charge in [0.2, 0.25) is 5.91 Å². The molecule has 1 heterocycles. The van der Waals surface area contributed by atoms with Crippen LogP contribution in [-0.2, 0) is 9.53 Å². The Morgan fingerprint density at radius 1 is 1.50 bits per heavy atom. The number of ether oxygens (including phenoxy) is 1. The fourth-order valence-electron chi connectivity index (χ4n) is 2.21. The fraction of sp³-hybridized carbons (Fsp3) is 0.500. The van der Waals surface area contributed by atoms with E-state index in [4.69, 9.17) is 4.74 Å². The van der Waals surface area contributed by atoms with Gasteiger partial charge in [0.05, 0.1) is 25.2 Å². The topological polar surface area (TPSA) is 29.5 Å². The number of carbonyl (C=O) groups excluding carboxylic acids is 1. The van der Waals surface area contributed by atoms with E-state index in [1.165, 1.54) is 0 Å². The SMILES string of the molecule is CC(C(=O)N1CCOCC1CBr)c1ccccc1. The smallest absolute Gasteiger partial charge is 0.230 e. The quantitative estimate of drug-likeness (QED) is 0.802. The lowest BCUT2D eigenvalue weighted by atomic mass is 9.99. The van der Waals surface area contributed by atoms with Gasteiger partial charge in [-0.2, -0.15) is 0 Å². The van der Waals surface area contributed by atoms with E-state index in [0.29, 0.717) is 19.8 Å². The van der Waals surface area contributed by atoms with Crippen molar-refractivity contribution in [2.24, 2.45) is 0 Å². The van der Waals surface area contributed by atoms with Crippen LogP contribution in [0.3, 0.4) is 0 Å². The van der Waals surface area contributed by atoms with Crippen LogP contribution in [0.4, 0.5) is 0 Å². The highest BCUT2D eigenvalue weighted by molar-refractivity contribution is 9.09. The molecule has 98 valence electrons. The van der Waals surface area contributed by atoms with Crippen LogP contribution >= 0.6 is 15.9 Å². The second-order valence-electron chi connectivity index (χ2n) is 4.55. The van der Waals surface area contributed by atoms with Gasteiger partial charge in [0.1, 0.15) is 0 Å². The van der Waals surface area contributed by atoms with Crippen LogP contribution in [0.2, 0.25) is 0 Å². The standard InChI is InChI=1S/C14H18BrNO2/c1-11(12-5-3-2-4-6-12)14(17)16-7-8-18-10-13(16)9-15/h2-6,11,13H,7-10H2,1H3. The van der Waals surface area contributed by atoms with Crippen molar-refractivity contribution in [1.82, 2.24) is 4.90 Å². The molecule has 0 spiro atoms. The Morgan fingerprint density at radius 3 is 2.89 bits per heavy atom. The minimum absolute atomic E-state index is 0.0918. The monoisotopic (exact) mass is 311 g/mol. The molecule has 0 radical (unpaired) electrons. The number of benzene rings is 1. The molecule has 1 aromatic carbocycles. The molecule has 3 nitrogen and oxygen atoms in total. The van der Waals surface area contributed by atoms with E-state index in [2.05, 4.69) is 15.9 Å². The van der Waals surface area contributed by atoms with Crippen LogP contribution in [0.5, 0.6) is 0 Å². The van der Waals surface area contributed by atoms with Gasteiger partial charge in [-0.25, -0.2) is 0 Å². The Hall–Kier alpha value is -0.870. The summed E-state index contributed by atoms with van der Waals surface area (Å²) in [7, 11) is 0. The molecule has 2 rings (SSSR count). The summed E-state index contributed by atoms with van der Waals surface area (Å²) in [4.78, 5) is 14.5. The molecular weight excluding hydrogens is 294 g/mol. The van der Waals surface area contributed by atoms with Crippen LogP contribution in [0.1, 0.15) is 18.4 Å². The molecule has 1 aliphatic heterocycles. The zero-order valence-electron chi connectivity index (χ0n) is 10.5. The first-order valence-electron chi connectivity index (χ1n) is 6.23. The zero-order valence-corrected chi connectivity index (χ0v) is 12.1. The highest BCUT2D eigenvalue weighted by atomic mass is 79.9. The average molecular weight is 312 g/mol. The number of nitrogens with zero attached hydrogens (tertiary/aromatic N) is 1. The van der Waals surface area contributed by atoms with E-state index in [9.17, 15) is 4.79 Å². The number of amides is 1. The Balaban J connectivity index is 2.10. The van der Waals surface area contributed by atoms with E-state index in [-0.39, 0.29) is 17.9 Å². The maximum absolute atomic E-state index is 12.5. The molecule has 0 N–H and O–H groups in total. The molecule has 0 aliphatic carbocycles. The first-order chi connectivity index (χ1) is 8.74. The molecular formula is C14H18BrNO2. The highest BCUT2D eigenvalue weighted by Gasteiger charge is 2.29. The van der Waals surface area contributed by atoms with Crippen molar-refractivity contribution >= 4 is 21.8 Å². The molecule has 0 saturated carbocycles. The number of morpholine rings is 1. The third kappa shape index (κ3) is 2.93. The molecule has 0 bridgehead atoms. The summed E-state index contributed by atoms with van der Waals surface area (Å²) in [5, 5.41) is 0.764. The molecule has 1 amide bonds. The molecule has 2 atom stereocenters. The number of carbonyl (C=O) groups is 1. The minimum Gasteiger partial charge on any atom is -0.377 e. The predicted octanol–water partition coefficient (Wildman–Crippen LogP) is 2.41. The second kappa shape index (κ2) is 6.34. The Labute approximate surface area is 116 Å². The zero-order chi connectivity index (χ0) is 13.0. The van der Waals surface area contributed by atoms with E-state index in [1.807, 2.05) is 42.2 Å². The van der Waals surface area contributed by atoms with E-state index in [0.717, 1.165) is 10.9 Å². The summed E-state index contributed by atoms with van der Waals surface area (Å²) in [6.07, 6.45) is 0. The molecule has 4 heteroatoms. The number of alkyl halides is 1. The van der Waals surface area contributed by atoms with Gasteiger partial charge in [-0.1, -0.05) is 46.3 Å². The molecule has 1 fully saturated rings. The number of halogens is 1. The van der Waals surface area contributed by atoms with E-state index in [1.54, 1.807) is 0 Å². The molecule has 1 aromatic rings. The van der Waals surface area contributed by atoms with Gasteiger partial charge < -0.3 is 9.64 Å². The van der Waals surface area contributed by atoms with Crippen LogP contribution in [0, 0.1) is 0 Å².